The van der Waals surface area contributed by atoms with Crippen LogP contribution in [-0.2, 0) is 22.8 Å². The van der Waals surface area contributed by atoms with Crippen molar-refractivity contribution in [2.24, 2.45) is 0 Å². The molecule has 0 aliphatic carbocycles. The molecule has 1 fully saturated rings. The van der Waals surface area contributed by atoms with Crippen molar-refractivity contribution in [3.05, 3.63) is 65.2 Å². The molecule has 8 nitrogen and oxygen atoms in total. The Morgan fingerprint density at radius 2 is 1.73 bits per heavy atom. The molecule has 0 bridgehead atoms. The number of carbonyl (C=O) groups excluding carboxylic acids is 1. The van der Waals surface area contributed by atoms with E-state index in [9.17, 15) is 31.1 Å². The number of hydrogen-bond acceptors (Lipinski definition) is 8. The number of amides is 1. The molecule has 0 unspecified atom stereocenters. The molecule has 216 valence electrons. The minimum Gasteiger partial charge on any atom is -0.455 e. The molecule has 40 heavy (non-hydrogen) atoms. The summed E-state index contributed by atoms with van der Waals surface area (Å²) in [5, 5.41) is 2.47. The Balaban J connectivity index is 1.43. The zero-order valence-corrected chi connectivity index (χ0v) is 22.0. The third kappa shape index (κ3) is 7.59. The van der Waals surface area contributed by atoms with E-state index in [2.05, 4.69) is 15.3 Å². The molecule has 0 saturated carbocycles. The average Bonchev–Trinajstić information content (AvgIpc) is 3.40. The first-order valence-corrected chi connectivity index (χ1v) is 13.0. The van der Waals surface area contributed by atoms with E-state index < -0.39 is 29.5 Å². The smallest absolute Gasteiger partial charge is 0.433 e. The number of furan rings is 1. The molecule has 1 aliphatic rings. The molecule has 1 aromatic carbocycles. The lowest BCUT2D eigenvalue weighted by atomic mass is 10.1. The molecule has 2 aromatic heterocycles. The number of aromatic nitrogens is 2. The lowest BCUT2D eigenvalue weighted by Gasteiger charge is -2.37. The van der Waals surface area contributed by atoms with Gasteiger partial charge >= 0.3 is 12.4 Å². The van der Waals surface area contributed by atoms with Crippen LogP contribution in [0.15, 0.2) is 52.0 Å². The van der Waals surface area contributed by atoms with E-state index in [-0.39, 0.29) is 55.2 Å². The van der Waals surface area contributed by atoms with Gasteiger partial charge in [-0.2, -0.15) is 26.3 Å². The fraction of sp³-hybridized carbons (Fsp3) is 0.400. The number of thioether (sulfide) groups is 1. The van der Waals surface area contributed by atoms with E-state index in [1.165, 1.54) is 19.2 Å². The highest BCUT2D eigenvalue weighted by molar-refractivity contribution is 7.98. The Morgan fingerprint density at radius 3 is 2.40 bits per heavy atom. The number of rotatable bonds is 9. The number of ether oxygens (including phenoxy) is 1. The van der Waals surface area contributed by atoms with E-state index in [0.29, 0.717) is 18.1 Å². The van der Waals surface area contributed by atoms with Crippen LogP contribution in [0.2, 0.25) is 0 Å². The molecule has 0 atom stereocenters. The van der Waals surface area contributed by atoms with Crippen molar-refractivity contribution < 1.29 is 40.3 Å². The van der Waals surface area contributed by atoms with Gasteiger partial charge in [0.15, 0.2) is 16.6 Å². The van der Waals surface area contributed by atoms with Gasteiger partial charge < -0.3 is 24.3 Å². The van der Waals surface area contributed by atoms with E-state index >= 15 is 0 Å². The zero-order valence-electron chi connectivity index (χ0n) is 21.2. The summed E-state index contributed by atoms with van der Waals surface area (Å²) in [6.07, 6.45) is -9.19. The number of methoxy groups -OCH3 is 1. The van der Waals surface area contributed by atoms with Crippen LogP contribution >= 0.6 is 11.8 Å². The van der Waals surface area contributed by atoms with E-state index in [4.69, 9.17) is 9.15 Å². The van der Waals surface area contributed by atoms with Gasteiger partial charge in [0, 0.05) is 51.6 Å². The van der Waals surface area contributed by atoms with Crippen LogP contribution in [0.5, 0.6) is 0 Å². The maximum absolute atomic E-state index is 13.6. The molecule has 1 amide bonds. The van der Waals surface area contributed by atoms with Crippen molar-refractivity contribution in [1.29, 1.82) is 0 Å². The van der Waals surface area contributed by atoms with Gasteiger partial charge in [0.1, 0.15) is 11.6 Å². The molecular weight excluding hydrogens is 564 g/mol. The van der Waals surface area contributed by atoms with Crippen LogP contribution in [0.1, 0.15) is 27.6 Å². The van der Waals surface area contributed by atoms with Gasteiger partial charge in [-0.15, -0.1) is 0 Å². The van der Waals surface area contributed by atoms with Gasteiger partial charge in [0.05, 0.1) is 17.9 Å². The Morgan fingerprint density at radius 1 is 1.00 bits per heavy atom. The van der Waals surface area contributed by atoms with Crippen LogP contribution in [0, 0.1) is 0 Å². The second-order valence-corrected chi connectivity index (χ2v) is 9.66. The molecule has 4 rings (SSSR count). The van der Waals surface area contributed by atoms with E-state index in [0.717, 1.165) is 30.0 Å². The SMILES string of the molecule is COCCNC(=O)c1ccc(CSc2nc(N3CCN(c4cccc(C(F)(F)F)c4)CC3)cc(C(F)(F)F)n2)o1. The van der Waals surface area contributed by atoms with Gasteiger partial charge in [-0.05, 0) is 30.3 Å². The van der Waals surface area contributed by atoms with Crippen LogP contribution in [0.3, 0.4) is 0 Å². The molecule has 1 N–H and O–H groups in total. The monoisotopic (exact) mass is 589 g/mol. The largest absolute Gasteiger partial charge is 0.455 e. The first kappa shape index (κ1) is 29.5. The van der Waals surface area contributed by atoms with E-state index in [1.807, 2.05) is 0 Å². The predicted molar refractivity (Wildman–Crippen MR) is 135 cm³/mol. The van der Waals surface area contributed by atoms with Crippen molar-refractivity contribution in [2.75, 3.05) is 56.2 Å². The topological polar surface area (TPSA) is 83.7 Å². The van der Waals surface area contributed by atoms with Crippen molar-refractivity contribution in [1.82, 2.24) is 15.3 Å². The summed E-state index contributed by atoms with van der Waals surface area (Å²) < 4.78 is 90.5. The number of carbonyl (C=O) groups is 1. The molecule has 3 aromatic rings. The highest BCUT2D eigenvalue weighted by Gasteiger charge is 2.35. The fourth-order valence-electron chi connectivity index (χ4n) is 3.92. The Hall–Kier alpha value is -3.46. The van der Waals surface area contributed by atoms with Crippen LogP contribution < -0.4 is 15.1 Å². The minimum atomic E-state index is -4.72. The summed E-state index contributed by atoms with van der Waals surface area (Å²) in [6.45, 7) is 1.68. The van der Waals surface area contributed by atoms with Crippen LogP contribution in [0.25, 0.3) is 0 Å². The van der Waals surface area contributed by atoms with Crippen molar-refractivity contribution in [3.8, 4) is 0 Å². The zero-order chi connectivity index (χ0) is 28.9. The maximum Gasteiger partial charge on any atom is 0.433 e. The number of nitrogens with one attached hydrogen (secondary N) is 1. The highest BCUT2D eigenvalue weighted by Crippen LogP contribution is 2.34. The Labute approximate surface area is 229 Å². The molecule has 1 saturated heterocycles. The lowest BCUT2D eigenvalue weighted by Crippen LogP contribution is -2.47. The summed E-state index contributed by atoms with van der Waals surface area (Å²) >= 11 is 0.918. The van der Waals surface area contributed by atoms with Crippen LogP contribution in [-0.4, -0.2) is 62.3 Å². The minimum absolute atomic E-state index is 0.0518. The fourth-order valence-corrected chi connectivity index (χ4v) is 4.67. The quantitative estimate of drug-likeness (QED) is 0.160. The molecule has 1 aliphatic heterocycles. The second-order valence-electron chi connectivity index (χ2n) is 8.72. The molecule has 15 heteroatoms. The van der Waals surface area contributed by atoms with Gasteiger partial charge in [-0.25, -0.2) is 9.97 Å². The summed E-state index contributed by atoms with van der Waals surface area (Å²) in [5.74, 6) is 0.0894. The first-order valence-electron chi connectivity index (χ1n) is 12.1. The molecular formula is C25H25F6N5O3S. The Bertz CT molecular complexity index is 1310. The number of piperazine rings is 1. The molecule has 0 spiro atoms. The van der Waals surface area contributed by atoms with Crippen LogP contribution in [0.4, 0.5) is 37.8 Å². The summed E-state index contributed by atoms with van der Waals surface area (Å²) in [5.41, 5.74) is -1.50. The molecule has 3 heterocycles. The summed E-state index contributed by atoms with van der Waals surface area (Å²) in [6, 6.07) is 8.79. The Kier molecular flexibility index (Phi) is 9.13. The van der Waals surface area contributed by atoms with Gasteiger partial charge in [0.25, 0.3) is 5.91 Å². The van der Waals surface area contributed by atoms with Crippen molar-refractivity contribution >= 4 is 29.2 Å². The normalized spacial score (nSPS) is 14.5. The van der Waals surface area contributed by atoms with Gasteiger partial charge in [-0.1, -0.05) is 17.8 Å². The third-order valence-electron chi connectivity index (χ3n) is 5.95. The van der Waals surface area contributed by atoms with Crippen molar-refractivity contribution in [3.63, 3.8) is 0 Å². The first-order chi connectivity index (χ1) is 18.9. The summed E-state index contributed by atoms with van der Waals surface area (Å²) in [4.78, 5) is 23.4. The predicted octanol–water partition coefficient (Wildman–Crippen LogP) is 5.10. The number of alkyl halides is 6. The molecule has 0 radical (unpaired) electrons. The number of anilines is 2. The number of halogens is 6. The van der Waals surface area contributed by atoms with Crippen molar-refractivity contribution in [2.45, 2.75) is 23.3 Å². The second kappa shape index (κ2) is 12.4. The number of nitrogens with zero attached hydrogens (tertiary/aromatic N) is 4. The lowest BCUT2D eigenvalue weighted by molar-refractivity contribution is -0.141. The highest BCUT2D eigenvalue weighted by atomic mass is 32.2. The number of hydrogen-bond donors (Lipinski definition) is 1. The average molecular weight is 590 g/mol. The van der Waals surface area contributed by atoms with Gasteiger partial charge in [-0.3, -0.25) is 4.79 Å². The summed E-state index contributed by atoms with van der Waals surface area (Å²) in [7, 11) is 1.50. The standard InChI is InChI=1S/C25H25F6N5O3S/c1-38-12-7-32-22(37)19-6-5-18(39-19)15-40-23-33-20(25(29,30)31)14-21(34-23)36-10-8-35(9-11-36)17-4-2-3-16(13-17)24(26,27)28/h2-6,13-14H,7-12,15H2,1H3,(H,32,37). The maximum atomic E-state index is 13.6. The third-order valence-corrected chi connectivity index (χ3v) is 6.82. The number of benzene rings is 1. The van der Waals surface area contributed by atoms with E-state index in [1.54, 1.807) is 21.9 Å². The van der Waals surface area contributed by atoms with Gasteiger partial charge in [0.2, 0.25) is 0 Å².